The fourth-order valence-corrected chi connectivity index (χ4v) is 1.29. The molecule has 0 amide bonds. The second-order valence-electron chi connectivity index (χ2n) is 1.86. The smallest absolute Gasteiger partial charge is 0.0162 e. The van der Waals surface area contributed by atoms with Crippen LogP contribution in [0.1, 0.15) is 13.8 Å². The van der Waals surface area contributed by atoms with Crippen LogP contribution in [0, 0.1) is 0 Å². The van der Waals surface area contributed by atoms with E-state index in [0.29, 0.717) is 0 Å². The summed E-state index contributed by atoms with van der Waals surface area (Å²) in [6, 6.07) is 0. The van der Waals surface area contributed by atoms with Gasteiger partial charge in [0.25, 0.3) is 0 Å². The van der Waals surface area contributed by atoms with Gasteiger partial charge in [-0.3, -0.25) is 0 Å². The van der Waals surface area contributed by atoms with E-state index in [4.69, 9.17) is 0 Å². The summed E-state index contributed by atoms with van der Waals surface area (Å²) in [5.41, 5.74) is 0. The molecule has 0 saturated heterocycles. The van der Waals surface area contributed by atoms with Gasteiger partial charge >= 0.3 is 0 Å². The summed E-state index contributed by atoms with van der Waals surface area (Å²) in [5.74, 6) is 1.13. The first kappa shape index (κ1) is 9.66. The average molecular weight is 165 g/mol. The molecule has 0 aliphatic heterocycles. The quantitative estimate of drug-likeness (QED) is 0.489. The van der Waals surface area contributed by atoms with Crippen LogP contribution in [0.5, 0.6) is 0 Å². The predicted molar refractivity (Wildman–Crippen MR) is 49.2 cm³/mol. The standard InChI is InChI=1S/C6H15NS2/c1-3-7(4-2)5-6-9-8/h8H,3-6H2,1-2H3. The van der Waals surface area contributed by atoms with Crippen molar-refractivity contribution in [3.8, 4) is 0 Å². The van der Waals surface area contributed by atoms with Crippen LogP contribution >= 0.6 is 22.5 Å². The van der Waals surface area contributed by atoms with Gasteiger partial charge in [0.05, 0.1) is 0 Å². The number of hydrogen-bond acceptors (Lipinski definition) is 3. The molecular formula is C6H15NS2. The van der Waals surface area contributed by atoms with E-state index in [1.165, 1.54) is 6.54 Å². The Hall–Kier alpha value is 0.660. The van der Waals surface area contributed by atoms with E-state index < -0.39 is 0 Å². The van der Waals surface area contributed by atoms with Crippen molar-refractivity contribution in [1.82, 2.24) is 4.90 Å². The van der Waals surface area contributed by atoms with E-state index in [2.05, 4.69) is 30.4 Å². The van der Waals surface area contributed by atoms with Gasteiger partial charge in [-0.05, 0) is 13.1 Å². The van der Waals surface area contributed by atoms with Gasteiger partial charge in [0.2, 0.25) is 0 Å². The van der Waals surface area contributed by atoms with Gasteiger partial charge in [0, 0.05) is 12.3 Å². The Kier molecular flexibility index (Phi) is 7.27. The first-order chi connectivity index (χ1) is 4.35. The van der Waals surface area contributed by atoms with Gasteiger partial charge in [-0.25, -0.2) is 0 Å². The minimum Gasteiger partial charge on any atom is -0.303 e. The van der Waals surface area contributed by atoms with E-state index in [-0.39, 0.29) is 0 Å². The number of nitrogens with zero attached hydrogens (tertiary/aromatic N) is 1. The summed E-state index contributed by atoms with van der Waals surface area (Å²) >= 11 is 4.06. The molecule has 0 aromatic rings. The molecule has 0 saturated carbocycles. The highest BCUT2D eigenvalue weighted by Gasteiger charge is 1.95. The van der Waals surface area contributed by atoms with Crippen molar-refractivity contribution >= 4 is 22.5 Å². The van der Waals surface area contributed by atoms with Crippen LogP contribution in [0.25, 0.3) is 0 Å². The number of thiol groups is 1. The van der Waals surface area contributed by atoms with Gasteiger partial charge in [0.1, 0.15) is 0 Å². The molecule has 0 rings (SSSR count). The summed E-state index contributed by atoms with van der Waals surface area (Å²) < 4.78 is 0. The lowest BCUT2D eigenvalue weighted by atomic mass is 10.5. The molecule has 0 atom stereocenters. The molecule has 0 bridgehead atoms. The molecular weight excluding hydrogens is 150 g/mol. The summed E-state index contributed by atoms with van der Waals surface area (Å²) in [7, 11) is 1.61. The van der Waals surface area contributed by atoms with Crippen molar-refractivity contribution in [2.24, 2.45) is 0 Å². The van der Waals surface area contributed by atoms with Crippen molar-refractivity contribution < 1.29 is 0 Å². The monoisotopic (exact) mass is 165 g/mol. The maximum atomic E-state index is 4.06. The zero-order valence-corrected chi connectivity index (χ0v) is 7.84. The zero-order valence-electron chi connectivity index (χ0n) is 6.13. The first-order valence-electron chi connectivity index (χ1n) is 3.33. The third-order valence-electron chi connectivity index (χ3n) is 1.39. The van der Waals surface area contributed by atoms with E-state index in [1.54, 1.807) is 10.8 Å². The van der Waals surface area contributed by atoms with E-state index in [9.17, 15) is 0 Å². The fourth-order valence-electron chi connectivity index (χ4n) is 0.710. The van der Waals surface area contributed by atoms with Crippen LogP contribution < -0.4 is 0 Å². The summed E-state index contributed by atoms with van der Waals surface area (Å²) in [4.78, 5) is 2.39. The van der Waals surface area contributed by atoms with Crippen molar-refractivity contribution in [3.05, 3.63) is 0 Å². The average Bonchev–Trinajstić information content (AvgIpc) is 1.91. The highest BCUT2D eigenvalue weighted by molar-refractivity contribution is 8.68. The van der Waals surface area contributed by atoms with Crippen LogP contribution in [0.2, 0.25) is 0 Å². The molecule has 9 heavy (non-hydrogen) atoms. The van der Waals surface area contributed by atoms with Crippen LogP contribution in [-0.2, 0) is 0 Å². The van der Waals surface area contributed by atoms with Crippen LogP contribution in [0.4, 0.5) is 0 Å². The molecule has 0 heterocycles. The highest BCUT2D eigenvalue weighted by Crippen LogP contribution is 2.04. The molecule has 56 valence electrons. The molecule has 3 heteroatoms. The van der Waals surface area contributed by atoms with Crippen LogP contribution in [-0.4, -0.2) is 30.3 Å². The predicted octanol–water partition coefficient (Wildman–Crippen LogP) is 1.91. The Labute approximate surface area is 67.0 Å². The molecule has 1 nitrogen and oxygen atoms in total. The number of rotatable bonds is 5. The first-order valence-corrected chi connectivity index (χ1v) is 5.37. The van der Waals surface area contributed by atoms with Crippen LogP contribution in [0.15, 0.2) is 0 Å². The minimum atomic E-state index is 1.13. The Morgan fingerprint density at radius 2 is 1.89 bits per heavy atom. The molecule has 0 aliphatic carbocycles. The minimum absolute atomic E-state index is 1.13. The maximum absolute atomic E-state index is 4.06. The van der Waals surface area contributed by atoms with Crippen molar-refractivity contribution in [2.75, 3.05) is 25.4 Å². The van der Waals surface area contributed by atoms with E-state index in [1.807, 2.05) is 0 Å². The normalized spacial score (nSPS) is 10.7. The SMILES string of the molecule is CCN(CC)CCSS. The second-order valence-corrected chi connectivity index (χ2v) is 3.30. The zero-order chi connectivity index (χ0) is 7.11. The second kappa shape index (κ2) is 6.78. The third-order valence-corrected chi connectivity index (χ3v) is 2.31. The Morgan fingerprint density at radius 1 is 1.33 bits per heavy atom. The molecule has 0 aromatic carbocycles. The molecule has 0 radical (unpaired) electrons. The number of hydrogen-bond donors (Lipinski definition) is 1. The molecule has 0 fully saturated rings. The molecule has 0 N–H and O–H groups in total. The van der Waals surface area contributed by atoms with Crippen molar-refractivity contribution in [3.63, 3.8) is 0 Å². The Bertz CT molecular complexity index is 55.0. The van der Waals surface area contributed by atoms with Gasteiger partial charge in [-0.15, -0.1) is 11.7 Å². The van der Waals surface area contributed by atoms with Crippen molar-refractivity contribution in [1.29, 1.82) is 0 Å². The van der Waals surface area contributed by atoms with Gasteiger partial charge in [-0.1, -0.05) is 24.6 Å². The molecule has 0 unspecified atom stereocenters. The van der Waals surface area contributed by atoms with E-state index >= 15 is 0 Å². The highest BCUT2D eigenvalue weighted by atomic mass is 33.1. The molecule has 0 aromatic heterocycles. The maximum Gasteiger partial charge on any atom is 0.0162 e. The van der Waals surface area contributed by atoms with E-state index in [0.717, 1.165) is 18.8 Å². The lowest BCUT2D eigenvalue weighted by Gasteiger charge is -2.16. The van der Waals surface area contributed by atoms with Crippen LogP contribution in [0.3, 0.4) is 0 Å². The lowest BCUT2D eigenvalue weighted by molar-refractivity contribution is 0.324. The van der Waals surface area contributed by atoms with Crippen molar-refractivity contribution in [2.45, 2.75) is 13.8 Å². The van der Waals surface area contributed by atoms with Gasteiger partial charge < -0.3 is 4.90 Å². The van der Waals surface area contributed by atoms with Gasteiger partial charge in [-0.2, -0.15) is 0 Å². The Balaban J connectivity index is 3.09. The molecule has 0 aliphatic rings. The fraction of sp³-hybridized carbons (Fsp3) is 1.00. The molecule has 0 spiro atoms. The summed E-state index contributed by atoms with van der Waals surface area (Å²) in [6.45, 7) is 7.86. The summed E-state index contributed by atoms with van der Waals surface area (Å²) in [5, 5.41) is 0. The van der Waals surface area contributed by atoms with Gasteiger partial charge in [0.15, 0.2) is 0 Å². The third kappa shape index (κ3) is 5.12. The Morgan fingerprint density at radius 3 is 2.22 bits per heavy atom. The topological polar surface area (TPSA) is 3.24 Å². The largest absolute Gasteiger partial charge is 0.303 e. The lowest BCUT2D eigenvalue weighted by Crippen LogP contribution is -2.25. The summed E-state index contributed by atoms with van der Waals surface area (Å²) in [6.07, 6.45) is 0.